The normalized spacial score (nSPS) is 10.3. The predicted molar refractivity (Wildman–Crippen MR) is 92.5 cm³/mol. The van der Waals surface area contributed by atoms with Crippen molar-refractivity contribution in [2.24, 2.45) is 5.92 Å². The van der Waals surface area contributed by atoms with E-state index in [4.69, 9.17) is 4.74 Å². The molecule has 0 spiro atoms. The molecule has 136 valence electrons. The molecule has 2 N–H and O–H groups in total. The zero-order valence-electron chi connectivity index (χ0n) is 14.4. The molecule has 0 heterocycles. The second-order valence-corrected chi connectivity index (χ2v) is 5.97. The van der Waals surface area contributed by atoms with Crippen molar-refractivity contribution in [1.82, 2.24) is 10.9 Å². The highest BCUT2D eigenvalue weighted by Crippen LogP contribution is 2.13. The Morgan fingerprint density at radius 1 is 0.923 bits per heavy atom. The first-order valence-electron chi connectivity index (χ1n) is 8.02. The molecule has 2 aromatic rings. The number of rotatable bonds is 6. The maximum absolute atomic E-state index is 12.1. The van der Waals surface area contributed by atoms with Gasteiger partial charge in [0.2, 0.25) is 0 Å². The van der Waals surface area contributed by atoms with Crippen LogP contribution in [0.25, 0.3) is 0 Å². The molecule has 7 nitrogen and oxygen atoms in total. The lowest BCUT2D eigenvalue weighted by Gasteiger charge is -2.12. The van der Waals surface area contributed by atoms with E-state index in [1.807, 2.05) is 13.8 Å². The number of aromatic carboxylic acids is 1. The summed E-state index contributed by atoms with van der Waals surface area (Å²) in [5.41, 5.74) is 4.38. The molecule has 0 saturated carbocycles. The number of carboxylic acids is 1. The largest absolute Gasteiger partial charge is 0.545 e. The van der Waals surface area contributed by atoms with Gasteiger partial charge >= 0.3 is 0 Å². The Hall–Kier alpha value is -3.35. The van der Waals surface area contributed by atoms with Crippen LogP contribution in [0.4, 0.5) is 0 Å². The number of hydrogen-bond donors (Lipinski definition) is 2. The molecule has 0 unspecified atom stereocenters. The van der Waals surface area contributed by atoms with Gasteiger partial charge in [-0.15, -0.1) is 0 Å². The minimum atomic E-state index is -1.47. The van der Waals surface area contributed by atoms with E-state index in [0.29, 0.717) is 23.8 Å². The molecule has 0 atom stereocenters. The van der Waals surface area contributed by atoms with Crippen molar-refractivity contribution in [3.05, 3.63) is 65.2 Å². The second kappa shape index (κ2) is 8.66. The Bertz CT molecular complexity index is 800. The molecule has 0 saturated heterocycles. The summed E-state index contributed by atoms with van der Waals surface area (Å²) < 4.78 is 5.53. The first-order valence-corrected chi connectivity index (χ1v) is 8.02. The number of carbonyl (C=O) groups is 3. The molecule has 2 rings (SSSR count). The molecule has 26 heavy (non-hydrogen) atoms. The van der Waals surface area contributed by atoms with Crippen molar-refractivity contribution in [3.8, 4) is 5.75 Å². The molecule has 0 aromatic heterocycles. The average Bonchev–Trinajstić information content (AvgIpc) is 2.64. The van der Waals surface area contributed by atoms with Gasteiger partial charge in [0.15, 0.2) is 0 Å². The molecule has 0 fully saturated rings. The van der Waals surface area contributed by atoms with E-state index in [1.165, 1.54) is 24.3 Å². The highest BCUT2D eigenvalue weighted by atomic mass is 16.5. The smallest absolute Gasteiger partial charge is 0.270 e. The van der Waals surface area contributed by atoms with E-state index in [9.17, 15) is 19.5 Å². The van der Waals surface area contributed by atoms with Crippen molar-refractivity contribution in [2.75, 3.05) is 6.61 Å². The highest BCUT2D eigenvalue weighted by molar-refractivity contribution is 6.05. The third-order valence-electron chi connectivity index (χ3n) is 3.38. The summed E-state index contributed by atoms with van der Waals surface area (Å²) in [6, 6.07) is 12.0. The summed E-state index contributed by atoms with van der Waals surface area (Å²) in [6.45, 7) is 4.63. The standard InChI is InChI=1S/C19H20N2O5/c1-12(2)11-26-14-9-7-13(8-10-14)17(22)20-21-18(23)15-5-3-4-6-16(15)19(24)25/h3-10,12H,11H2,1-2H3,(H,20,22)(H,21,23)(H,24,25)/p-1. The van der Waals surface area contributed by atoms with E-state index in [-0.39, 0.29) is 11.1 Å². The van der Waals surface area contributed by atoms with Gasteiger partial charge < -0.3 is 14.6 Å². The Balaban J connectivity index is 1.96. The van der Waals surface area contributed by atoms with Gasteiger partial charge in [0, 0.05) is 11.1 Å². The van der Waals surface area contributed by atoms with Crippen LogP contribution >= 0.6 is 0 Å². The number of amides is 2. The van der Waals surface area contributed by atoms with E-state index in [1.54, 1.807) is 24.3 Å². The Morgan fingerprint density at radius 2 is 1.50 bits per heavy atom. The van der Waals surface area contributed by atoms with Crippen LogP contribution in [-0.4, -0.2) is 24.4 Å². The molecule has 0 aliphatic heterocycles. The number of ether oxygens (including phenoxy) is 1. The van der Waals surface area contributed by atoms with Gasteiger partial charge in [0.1, 0.15) is 5.75 Å². The van der Waals surface area contributed by atoms with Crippen LogP contribution in [0.5, 0.6) is 5.75 Å². The SMILES string of the molecule is CC(C)COc1ccc(C(=O)NNC(=O)c2ccccc2C(=O)[O-])cc1. The summed E-state index contributed by atoms with van der Waals surface area (Å²) in [7, 11) is 0. The van der Waals surface area contributed by atoms with Crippen molar-refractivity contribution in [1.29, 1.82) is 0 Å². The van der Waals surface area contributed by atoms with E-state index >= 15 is 0 Å². The molecule has 7 heteroatoms. The summed E-state index contributed by atoms with van der Waals surface area (Å²) in [6.07, 6.45) is 0. The lowest BCUT2D eigenvalue weighted by molar-refractivity contribution is -0.255. The van der Waals surface area contributed by atoms with Gasteiger partial charge in [0.25, 0.3) is 11.8 Å². The predicted octanol–water partition coefficient (Wildman–Crippen LogP) is 1.16. The average molecular weight is 355 g/mol. The monoisotopic (exact) mass is 355 g/mol. The van der Waals surface area contributed by atoms with Crippen LogP contribution in [0.2, 0.25) is 0 Å². The van der Waals surface area contributed by atoms with Crippen molar-refractivity contribution in [2.45, 2.75) is 13.8 Å². The Morgan fingerprint density at radius 3 is 2.08 bits per heavy atom. The number of carboxylic acid groups (broad SMARTS) is 1. The second-order valence-electron chi connectivity index (χ2n) is 5.97. The minimum Gasteiger partial charge on any atom is -0.545 e. The zero-order chi connectivity index (χ0) is 19.1. The van der Waals surface area contributed by atoms with Gasteiger partial charge in [-0.1, -0.05) is 32.0 Å². The zero-order valence-corrected chi connectivity index (χ0v) is 14.4. The quantitative estimate of drug-likeness (QED) is 0.756. The van der Waals surface area contributed by atoms with Crippen molar-refractivity contribution in [3.63, 3.8) is 0 Å². The number of hydrazine groups is 1. The van der Waals surface area contributed by atoms with E-state index in [2.05, 4.69) is 10.9 Å². The molecule has 0 aliphatic rings. The van der Waals surface area contributed by atoms with Crippen molar-refractivity contribution >= 4 is 17.8 Å². The third kappa shape index (κ3) is 5.07. The number of benzene rings is 2. The van der Waals surface area contributed by atoms with Gasteiger partial charge in [-0.2, -0.15) is 0 Å². The molecule has 2 aromatic carbocycles. The van der Waals surface area contributed by atoms with Crippen molar-refractivity contribution < 1.29 is 24.2 Å². The molecule has 2 amide bonds. The fourth-order valence-corrected chi connectivity index (χ4v) is 2.08. The highest BCUT2D eigenvalue weighted by Gasteiger charge is 2.13. The van der Waals surface area contributed by atoms with Crippen LogP contribution in [-0.2, 0) is 0 Å². The minimum absolute atomic E-state index is 0.106. The summed E-state index contributed by atoms with van der Waals surface area (Å²) >= 11 is 0. The van der Waals surface area contributed by atoms with Crippen LogP contribution in [0, 0.1) is 5.92 Å². The topological polar surface area (TPSA) is 108 Å². The van der Waals surface area contributed by atoms with Crippen LogP contribution in [0.1, 0.15) is 44.9 Å². The van der Waals surface area contributed by atoms with Crippen LogP contribution in [0.3, 0.4) is 0 Å². The van der Waals surface area contributed by atoms with Gasteiger partial charge in [-0.25, -0.2) is 0 Å². The molecule has 0 bridgehead atoms. The van der Waals surface area contributed by atoms with Gasteiger partial charge in [0.05, 0.1) is 18.1 Å². The fraction of sp³-hybridized carbons (Fsp3) is 0.211. The fourth-order valence-electron chi connectivity index (χ4n) is 2.08. The number of nitrogens with one attached hydrogen (secondary N) is 2. The summed E-state index contributed by atoms with van der Waals surface area (Å²) in [5, 5.41) is 11.0. The third-order valence-corrected chi connectivity index (χ3v) is 3.38. The van der Waals surface area contributed by atoms with Crippen LogP contribution in [0.15, 0.2) is 48.5 Å². The first kappa shape index (κ1) is 19.0. The number of carbonyl (C=O) groups excluding carboxylic acids is 3. The Labute approximate surface area is 151 Å². The lowest BCUT2D eigenvalue weighted by Crippen LogP contribution is -2.42. The molecule has 0 aliphatic carbocycles. The Kier molecular flexibility index (Phi) is 6.32. The summed E-state index contributed by atoms with van der Waals surface area (Å²) in [4.78, 5) is 35.2. The molecular weight excluding hydrogens is 336 g/mol. The lowest BCUT2D eigenvalue weighted by atomic mass is 10.1. The van der Waals surface area contributed by atoms with E-state index < -0.39 is 17.8 Å². The van der Waals surface area contributed by atoms with E-state index in [0.717, 1.165) is 0 Å². The molecule has 0 radical (unpaired) electrons. The maximum Gasteiger partial charge on any atom is 0.270 e. The number of hydrogen-bond acceptors (Lipinski definition) is 5. The van der Waals surface area contributed by atoms with Crippen LogP contribution < -0.4 is 20.7 Å². The first-order chi connectivity index (χ1) is 12.4. The van der Waals surface area contributed by atoms with Gasteiger partial charge in [-0.05, 0) is 36.2 Å². The summed E-state index contributed by atoms with van der Waals surface area (Å²) in [5.74, 6) is -1.74. The maximum atomic E-state index is 12.1. The van der Waals surface area contributed by atoms with Gasteiger partial charge in [-0.3, -0.25) is 20.4 Å². The molecular formula is C19H19N2O5-.